The van der Waals surface area contributed by atoms with Crippen LogP contribution in [-0.4, -0.2) is 14.5 Å². The van der Waals surface area contributed by atoms with Crippen LogP contribution in [0.4, 0.5) is 17.1 Å². The highest BCUT2D eigenvalue weighted by Crippen LogP contribution is 2.52. The standard InChI is InChI=1S/C54H36N4O/c1-3-15-35(4-2)53-43-20-10-11-22-44(43)55-54(56-53)37-26-30-40(31-27-37)58-47-24-14-21-42(52(47)51-41-19-9-8-16-36(41)28-33-48(51)58)38-29-32-46-50(34-38)59-49-25-13-12-23-45(49)57(46)39-17-6-5-7-18-39/h3-34H,1-2H2/b35-15+. The Bertz CT molecular complexity index is 3340. The molecule has 0 saturated carbocycles. The van der Waals surface area contributed by atoms with Gasteiger partial charge in [0.15, 0.2) is 17.3 Å². The Morgan fingerprint density at radius 3 is 2.12 bits per heavy atom. The zero-order valence-corrected chi connectivity index (χ0v) is 32.1. The first-order chi connectivity index (χ1) is 29.2. The Morgan fingerprint density at radius 1 is 0.542 bits per heavy atom. The van der Waals surface area contributed by atoms with Gasteiger partial charge in [-0.2, -0.15) is 0 Å². The fourth-order valence-electron chi connectivity index (χ4n) is 8.68. The number of allylic oxidation sites excluding steroid dienone is 4. The first-order valence-corrected chi connectivity index (χ1v) is 19.7. The van der Waals surface area contributed by atoms with Crippen LogP contribution in [0, 0.1) is 0 Å². The summed E-state index contributed by atoms with van der Waals surface area (Å²) in [6.07, 6.45) is 5.52. The van der Waals surface area contributed by atoms with Gasteiger partial charge < -0.3 is 14.2 Å². The largest absolute Gasteiger partial charge is 0.453 e. The molecule has 8 aromatic carbocycles. The molecule has 0 bridgehead atoms. The van der Waals surface area contributed by atoms with Crippen LogP contribution in [0.15, 0.2) is 207 Å². The van der Waals surface area contributed by atoms with Gasteiger partial charge in [-0.15, -0.1) is 0 Å². The molecule has 0 aliphatic carbocycles. The zero-order valence-electron chi connectivity index (χ0n) is 32.1. The highest BCUT2D eigenvalue weighted by atomic mass is 16.5. The number of fused-ring (bicyclic) bond motifs is 8. The summed E-state index contributed by atoms with van der Waals surface area (Å²) in [5.74, 6) is 2.29. The molecule has 0 amide bonds. The fraction of sp³-hybridized carbons (Fsp3) is 0. The van der Waals surface area contributed by atoms with Crippen LogP contribution in [0.25, 0.3) is 77.3 Å². The number of anilines is 3. The maximum absolute atomic E-state index is 6.68. The number of ether oxygens (including phenoxy) is 1. The summed E-state index contributed by atoms with van der Waals surface area (Å²) in [7, 11) is 0. The number of hydrogen-bond acceptors (Lipinski definition) is 4. The summed E-state index contributed by atoms with van der Waals surface area (Å²) in [4.78, 5) is 12.4. The third-order valence-electron chi connectivity index (χ3n) is 11.3. The van der Waals surface area contributed by atoms with E-state index in [0.717, 1.165) is 84.1 Å². The van der Waals surface area contributed by atoms with E-state index in [2.05, 4.69) is 156 Å². The van der Waals surface area contributed by atoms with E-state index in [-0.39, 0.29) is 0 Å². The second-order valence-corrected chi connectivity index (χ2v) is 14.7. The van der Waals surface area contributed by atoms with Gasteiger partial charge in [0.2, 0.25) is 0 Å². The Morgan fingerprint density at radius 2 is 1.27 bits per heavy atom. The Kier molecular flexibility index (Phi) is 8.05. The van der Waals surface area contributed by atoms with Crippen molar-refractivity contribution < 1.29 is 4.74 Å². The van der Waals surface area contributed by atoms with Crippen LogP contribution in [0.5, 0.6) is 11.5 Å². The van der Waals surface area contributed by atoms with E-state index >= 15 is 0 Å². The average molecular weight is 757 g/mol. The smallest absolute Gasteiger partial charge is 0.160 e. The van der Waals surface area contributed by atoms with Crippen LogP contribution >= 0.6 is 0 Å². The number of para-hydroxylation sites is 4. The van der Waals surface area contributed by atoms with Crippen LogP contribution in [-0.2, 0) is 0 Å². The second kappa shape index (κ2) is 13.9. The molecule has 5 heteroatoms. The Balaban J connectivity index is 1.08. The number of benzene rings is 8. The molecule has 0 radical (unpaired) electrons. The summed E-state index contributed by atoms with van der Waals surface area (Å²) in [6.45, 7) is 7.97. The molecule has 0 spiro atoms. The van der Waals surface area contributed by atoms with E-state index in [9.17, 15) is 0 Å². The Hall–Kier alpha value is -8.02. The molecule has 0 unspecified atom stereocenters. The molecular formula is C54H36N4O. The summed E-state index contributed by atoms with van der Waals surface area (Å²) >= 11 is 0. The molecule has 0 fully saturated rings. The van der Waals surface area contributed by atoms with E-state index in [1.165, 1.54) is 21.5 Å². The van der Waals surface area contributed by atoms with E-state index < -0.39 is 0 Å². The van der Waals surface area contributed by atoms with Crippen molar-refractivity contribution in [1.82, 2.24) is 14.5 Å². The van der Waals surface area contributed by atoms with Crippen molar-refractivity contribution in [2.75, 3.05) is 4.90 Å². The monoisotopic (exact) mass is 756 g/mol. The molecule has 1 aliphatic heterocycles. The molecule has 0 saturated heterocycles. The van der Waals surface area contributed by atoms with Crippen molar-refractivity contribution in [3.63, 3.8) is 0 Å². The van der Waals surface area contributed by atoms with Gasteiger partial charge in [0, 0.05) is 38.7 Å². The van der Waals surface area contributed by atoms with Gasteiger partial charge in [-0.25, -0.2) is 9.97 Å². The van der Waals surface area contributed by atoms with Crippen LogP contribution < -0.4 is 9.64 Å². The molecule has 1 aliphatic rings. The quantitative estimate of drug-likeness (QED) is 0.152. The van der Waals surface area contributed by atoms with Crippen molar-refractivity contribution in [1.29, 1.82) is 0 Å². The Labute approximate surface area is 341 Å². The molecule has 11 rings (SSSR count). The van der Waals surface area contributed by atoms with Gasteiger partial charge >= 0.3 is 0 Å². The summed E-state index contributed by atoms with van der Waals surface area (Å²) in [5.41, 5.74) is 12.1. The normalized spacial score (nSPS) is 12.4. The molecule has 0 N–H and O–H groups in total. The first-order valence-electron chi connectivity index (χ1n) is 19.7. The molecule has 5 nitrogen and oxygen atoms in total. The summed E-state index contributed by atoms with van der Waals surface area (Å²) < 4.78 is 9.05. The predicted octanol–water partition coefficient (Wildman–Crippen LogP) is 14.5. The van der Waals surface area contributed by atoms with Crippen molar-refractivity contribution in [2.45, 2.75) is 0 Å². The molecule has 278 valence electrons. The van der Waals surface area contributed by atoms with Crippen LogP contribution in [0.1, 0.15) is 5.69 Å². The van der Waals surface area contributed by atoms with Crippen molar-refractivity contribution in [2.24, 2.45) is 0 Å². The lowest BCUT2D eigenvalue weighted by Gasteiger charge is -2.33. The number of rotatable bonds is 7. The highest BCUT2D eigenvalue weighted by molar-refractivity contribution is 6.25. The molecular weight excluding hydrogens is 721 g/mol. The third kappa shape index (κ3) is 5.55. The lowest BCUT2D eigenvalue weighted by molar-refractivity contribution is 0.477. The molecule has 59 heavy (non-hydrogen) atoms. The van der Waals surface area contributed by atoms with Gasteiger partial charge in [-0.1, -0.05) is 128 Å². The van der Waals surface area contributed by atoms with E-state index in [0.29, 0.717) is 5.82 Å². The number of hydrogen-bond donors (Lipinski definition) is 0. The summed E-state index contributed by atoms with van der Waals surface area (Å²) in [6, 6.07) is 61.7. The molecule has 10 aromatic rings. The predicted molar refractivity (Wildman–Crippen MR) is 245 cm³/mol. The van der Waals surface area contributed by atoms with E-state index in [1.807, 2.05) is 54.6 Å². The molecule has 3 heterocycles. The fourth-order valence-corrected chi connectivity index (χ4v) is 8.68. The van der Waals surface area contributed by atoms with E-state index in [1.54, 1.807) is 6.08 Å². The van der Waals surface area contributed by atoms with E-state index in [4.69, 9.17) is 14.7 Å². The second-order valence-electron chi connectivity index (χ2n) is 14.7. The van der Waals surface area contributed by atoms with Crippen molar-refractivity contribution >= 4 is 66.1 Å². The number of aromatic nitrogens is 3. The average Bonchev–Trinajstić information content (AvgIpc) is 3.65. The zero-order chi connectivity index (χ0) is 39.5. The van der Waals surface area contributed by atoms with Crippen molar-refractivity contribution in [3.05, 3.63) is 213 Å². The van der Waals surface area contributed by atoms with Gasteiger partial charge in [0.25, 0.3) is 0 Å². The highest BCUT2D eigenvalue weighted by Gasteiger charge is 2.27. The lowest BCUT2D eigenvalue weighted by atomic mass is 9.96. The topological polar surface area (TPSA) is 43.2 Å². The summed E-state index contributed by atoms with van der Waals surface area (Å²) in [5, 5.41) is 5.77. The van der Waals surface area contributed by atoms with Gasteiger partial charge in [0.1, 0.15) is 0 Å². The first kappa shape index (κ1) is 34.2. The minimum atomic E-state index is 0.653. The number of nitrogens with zero attached hydrogens (tertiary/aromatic N) is 4. The maximum Gasteiger partial charge on any atom is 0.160 e. The molecule has 0 atom stereocenters. The minimum Gasteiger partial charge on any atom is -0.453 e. The SMILES string of the molecule is C=C/C=C(\C=C)c1nc(-c2ccc(-n3c4cccc(-c5ccc6c(c5)Oc5ccccc5N6c5ccccc5)c4c4c5ccccc5ccc43)cc2)nc2ccccc12. The lowest BCUT2D eigenvalue weighted by Crippen LogP contribution is -2.15. The maximum atomic E-state index is 6.68. The molecule has 2 aromatic heterocycles. The minimum absolute atomic E-state index is 0.653. The van der Waals surface area contributed by atoms with Gasteiger partial charge in [-0.05, 0) is 101 Å². The van der Waals surface area contributed by atoms with Crippen LogP contribution in [0.3, 0.4) is 0 Å². The van der Waals surface area contributed by atoms with Gasteiger partial charge in [0.05, 0.1) is 33.6 Å². The third-order valence-corrected chi connectivity index (χ3v) is 11.3. The van der Waals surface area contributed by atoms with Crippen molar-refractivity contribution in [3.8, 4) is 39.7 Å². The van der Waals surface area contributed by atoms with Gasteiger partial charge in [-0.3, -0.25) is 0 Å². The van der Waals surface area contributed by atoms with Crippen LogP contribution in [0.2, 0.25) is 0 Å².